The molecule has 1 heterocycles. The van der Waals surface area contributed by atoms with Crippen LogP contribution in [0.1, 0.15) is 37.5 Å². The number of aryl methyl sites for hydroxylation is 1. The summed E-state index contributed by atoms with van der Waals surface area (Å²) in [6.07, 6.45) is 0. The molecule has 0 aliphatic carbocycles. The molecule has 0 saturated carbocycles. The number of carbonyl (C=O) groups is 2. The second kappa shape index (κ2) is 7.23. The molecule has 2 aromatic rings. The zero-order valence-corrected chi connectivity index (χ0v) is 15.9. The minimum Gasteiger partial charge on any atom is -0.483 e. The van der Waals surface area contributed by atoms with Crippen LogP contribution in [0.3, 0.4) is 0 Å². The van der Waals surface area contributed by atoms with E-state index < -0.39 is 5.91 Å². The number of benzene rings is 2. The van der Waals surface area contributed by atoms with Crippen LogP contribution in [-0.4, -0.2) is 24.1 Å². The van der Waals surface area contributed by atoms with E-state index in [1.807, 2.05) is 31.2 Å². The average Bonchev–Trinajstić information content (AvgIpc) is 2.93. The van der Waals surface area contributed by atoms with Gasteiger partial charge < -0.3 is 10.1 Å². The van der Waals surface area contributed by atoms with Crippen LogP contribution in [0, 0.1) is 6.92 Å². The van der Waals surface area contributed by atoms with Crippen LogP contribution in [0.25, 0.3) is 0 Å². The Morgan fingerprint density at radius 1 is 1.19 bits per heavy atom. The molecule has 1 aliphatic heterocycles. The predicted octanol–water partition coefficient (Wildman–Crippen LogP) is 3.14. The first-order valence-electron chi connectivity index (χ1n) is 8.77. The van der Waals surface area contributed by atoms with Gasteiger partial charge >= 0.3 is 0 Å². The molecule has 1 aliphatic rings. The van der Waals surface area contributed by atoms with Crippen molar-refractivity contribution in [2.24, 2.45) is 5.10 Å². The number of ether oxygens (including phenoxy) is 1. The Bertz CT molecular complexity index is 927. The molecule has 0 aromatic heterocycles. The second-order valence-electron chi connectivity index (χ2n) is 7.51. The van der Waals surface area contributed by atoms with Crippen LogP contribution >= 0.6 is 0 Å². The topological polar surface area (TPSA) is 79.8 Å². The van der Waals surface area contributed by atoms with E-state index in [2.05, 4.69) is 42.7 Å². The lowest BCUT2D eigenvalue weighted by Gasteiger charge is -2.20. The molecule has 6 heteroatoms. The minimum absolute atomic E-state index is 0.0505. The summed E-state index contributed by atoms with van der Waals surface area (Å²) < 4.78 is 5.60. The van der Waals surface area contributed by atoms with E-state index in [-0.39, 0.29) is 23.6 Å². The third kappa shape index (κ3) is 4.16. The number of hydrogen-bond acceptors (Lipinski definition) is 4. The largest absolute Gasteiger partial charge is 0.483 e. The van der Waals surface area contributed by atoms with E-state index in [0.29, 0.717) is 17.0 Å². The van der Waals surface area contributed by atoms with Gasteiger partial charge in [0.2, 0.25) is 0 Å². The van der Waals surface area contributed by atoms with Crippen LogP contribution in [0.4, 0.5) is 5.69 Å². The molecule has 0 unspecified atom stereocenters. The molecule has 2 N–H and O–H groups in total. The van der Waals surface area contributed by atoms with E-state index in [1.165, 1.54) is 5.56 Å². The van der Waals surface area contributed by atoms with E-state index in [1.54, 1.807) is 12.1 Å². The van der Waals surface area contributed by atoms with Gasteiger partial charge in [0.15, 0.2) is 12.3 Å². The van der Waals surface area contributed by atoms with Gasteiger partial charge in [-0.2, -0.15) is 5.10 Å². The highest BCUT2D eigenvalue weighted by atomic mass is 16.5. The number of nitrogens with one attached hydrogen (secondary N) is 2. The van der Waals surface area contributed by atoms with E-state index in [0.717, 1.165) is 5.56 Å². The first-order chi connectivity index (χ1) is 12.8. The lowest BCUT2D eigenvalue weighted by molar-refractivity contribution is -0.123. The van der Waals surface area contributed by atoms with Crippen LogP contribution in [0.15, 0.2) is 47.6 Å². The number of para-hydroxylation sites is 1. The number of anilines is 1. The minimum atomic E-state index is -0.432. The fourth-order valence-corrected chi connectivity index (χ4v) is 2.79. The molecular formula is C21H23N3O3. The van der Waals surface area contributed by atoms with Gasteiger partial charge in [-0.1, -0.05) is 51.1 Å². The second-order valence-corrected chi connectivity index (χ2v) is 7.51. The molecule has 0 fully saturated rings. The Labute approximate surface area is 158 Å². The Balaban J connectivity index is 1.62. The summed E-state index contributed by atoms with van der Waals surface area (Å²) in [5.74, 6) is -0.125. The van der Waals surface area contributed by atoms with Gasteiger partial charge in [0.25, 0.3) is 11.8 Å². The van der Waals surface area contributed by atoms with Gasteiger partial charge in [-0.25, -0.2) is 5.43 Å². The zero-order chi connectivity index (χ0) is 19.6. The number of fused-ring (bicyclic) bond motifs is 1. The summed E-state index contributed by atoms with van der Waals surface area (Å²) in [5, 5.41) is 6.65. The van der Waals surface area contributed by atoms with Crippen LogP contribution in [-0.2, 0) is 15.0 Å². The van der Waals surface area contributed by atoms with Crippen LogP contribution < -0.4 is 15.5 Å². The summed E-state index contributed by atoms with van der Waals surface area (Å²) in [6.45, 7) is 8.20. The maximum Gasteiger partial charge on any atom is 0.277 e. The smallest absolute Gasteiger partial charge is 0.277 e. The summed E-state index contributed by atoms with van der Waals surface area (Å²) in [5.41, 5.74) is 6.13. The average molecular weight is 365 g/mol. The monoisotopic (exact) mass is 365 g/mol. The normalized spacial score (nSPS) is 14.7. The molecule has 2 amide bonds. The number of hydrogen-bond donors (Lipinski definition) is 2. The maximum atomic E-state index is 12.1. The fourth-order valence-electron chi connectivity index (χ4n) is 2.79. The Hall–Kier alpha value is -3.15. The highest BCUT2D eigenvalue weighted by molar-refractivity contribution is 6.53. The molecule has 0 bridgehead atoms. The number of nitrogens with zero attached hydrogens (tertiary/aromatic N) is 1. The van der Waals surface area contributed by atoms with Crippen LogP contribution in [0.5, 0.6) is 5.75 Å². The number of amides is 2. The van der Waals surface area contributed by atoms with E-state index in [9.17, 15) is 9.59 Å². The van der Waals surface area contributed by atoms with Gasteiger partial charge in [-0.15, -0.1) is 0 Å². The molecule has 0 radical (unpaired) electrons. The maximum absolute atomic E-state index is 12.1. The molecule has 0 atom stereocenters. The summed E-state index contributed by atoms with van der Waals surface area (Å²) in [6, 6.07) is 13.1. The van der Waals surface area contributed by atoms with Crippen molar-refractivity contribution in [2.45, 2.75) is 33.1 Å². The van der Waals surface area contributed by atoms with Crippen molar-refractivity contribution in [3.8, 4) is 5.75 Å². The first kappa shape index (κ1) is 18.6. The van der Waals surface area contributed by atoms with Crippen LogP contribution in [0.2, 0.25) is 0 Å². The molecule has 6 nitrogen and oxygen atoms in total. The predicted molar refractivity (Wildman–Crippen MR) is 105 cm³/mol. The number of rotatable bonds is 4. The van der Waals surface area contributed by atoms with Gasteiger partial charge in [0, 0.05) is 5.56 Å². The quantitative estimate of drug-likeness (QED) is 0.817. The van der Waals surface area contributed by atoms with Gasteiger partial charge in [0.05, 0.1) is 5.69 Å². The SMILES string of the molecule is Cc1cc(C(C)(C)C)ccc1OCC(=O)N/N=C1\C(=O)Nc2ccccc21. The summed E-state index contributed by atoms with van der Waals surface area (Å²) in [4.78, 5) is 24.0. The number of carbonyl (C=O) groups excluding carboxylic acids is 2. The molecule has 3 rings (SSSR count). The van der Waals surface area contributed by atoms with Crippen molar-refractivity contribution < 1.29 is 14.3 Å². The lowest BCUT2D eigenvalue weighted by Crippen LogP contribution is -2.27. The lowest BCUT2D eigenvalue weighted by atomic mass is 9.86. The third-order valence-corrected chi connectivity index (χ3v) is 4.34. The highest BCUT2D eigenvalue weighted by Gasteiger charge is 2.25. The summed E-state index contributed by atoms with van der Waals surface area (Å²) in [7, 11) is 0. The van der Waals surface area contributed by atoms with E-state index >= 15 is 0 Å². The molecule has 27 heavy (non-hydrogen) atoms. The first-order valence-corrected chi connectivity index (χ1v) is 8.77. The number of hydrazone groups is 1. The van der Waals surface area contributed by atoms with Crippen molar-refractivity contribution in [3.63, 3.8) is 0 Å². The molecular weight excluding hydrogens is 342 g/mol. The molecule has 140 valence electrons. The molecule has 0 saturated heterocycles. The van der Waals surface area contributed by atoms with Gasteiger partial charge in [-0.05, 0) is 35.6 Å². The van der Waals surface area contributed by atoms with Gasteiger partial charge in [-0.3, -0.25) is 9.59 Å². The van der Waals surface area contributed by atoms with Crippen molar-refractivity contribution in [1.29, 1.82) is 0 Å². The Morgan fingerprint density at radius 2 is 1.93 bits per heavy atom. The highest BCUT2D eigenvalue weighted by Crippen LogP contribution is 2.27. The van der Waals surface area contributed by atoms with E-state index in [4.69, 9.17) is 4.74 Å². The van der Waals surface area contributed by atoms with Crippen molar-refractivity contribution in [2.75, 3.05) is 11.9 Å². The van der Waals surface area contributed by atoms with Crippen molar-refractivity contribution >= 4 is 23.2 Å². The Morgan fingerprint density at radius 3 is 2.63 bits per heavy atom. The molecule has 0 spiro atoms. The zero-order valence-electron chi connectivity index (χ0n) is 15.9. The van der Waals surface area contributed by atoms with Crippen molar-refractivity contribution in [1.82, 2.24) is 5.43 Å². The van der Waals surface area contributed by atoms with Crippen molar-refractivity contribution in [3.05, 3.63) is 59.2 Å². The Kier molecular flexibility index (Phi) is 4.99. The van der Waals surface area contributed by atoms with Gasteiger partial charge in [0.1, 0.15) is 5.75 Å². The molecule has 2 aromatic carbocycles. The summed E-state index contributed by atoms with van der Waals surface area (Å²) >= 11 is 0. The fraction of sp³-hybridized carbons (Fsp3) is 0.286. The third-order valence-electron chi connectivity index (χ3n) is 4.34. The standard InChI is InChI=1S/C21H23N3O3/c1-13-11-14(21(2,3)4)9-10-17(13)27-12-18(25)23-24-19-15-7-5-6-8-16(15)22-20(19)26/h5-11H,12H2,1-4H3,(H,23,25)(H,22,24,26).